The number of allylic oxidation sites excluding steroid dienone is 3. The molecule has 0 bridgehead atoms. The van der Waals surface area contributed by atoms with Crippen molar-refractivity contribution in [3.05, 3.63) is 35.0 Å². The molecule has 1 amide bonds. The van der Waals surface area contributed by atoms with Crippen LogP contribution in [-0.2, 0) is 18.8 Å². The molecule has 2 atom stereocenters. The van der Waals surface area contributed by atoms with Crippen molar-refractivity contribution in [2.75, 3.05) is 19.7 Å². The lowest BCUT2D eigenvalue weighted by Gasteiger charge is -2.24. The predicted molar refractivity (Wildman–Crippen MR) is 68.8 cm³/mol. The highest BCUT2D eigenvalue weighted by molar-refractivity contribution is 6.57. The highest BCUT2D eigenvalue weighted by Gasteiger charge is 2.44. The van der Waals surface area contributed by atoms with Crippen molar-refractivity contribution < 1.29 is 18.8 Å². The molecule has 0 spiro atoms. The van der Waals surface area contributed by atoms with E-state index in [2.05, 4.69) is 5.32 Å². The largest absolute Gasteiger partial charge is 0.497 e. The topological polar surface area (TPSA) is 82.8 Å². The first-order valence-corrected chi connectivity index (χ1v) is 6.24. The summed E-state index contributed by atoms with van der Waals surface area (Å²) in [5, 5.41) is 2.63. The van der Waals surface area contributed by atoms with Gasteiger partial charge in [0.15, 0.2) is 0 Å². The lowest BCUT2D eigenvalue weighted by Crippen LogP contribution is -2.38. The third kappa shape index (κ3) is 2.20. The number of amides is 1. The van der Waals surface area contributed by atoms with Gasteiger partial charge in [0.2, 0.25) is 6.41 Å². The number of nitrogens with two attached hydrogens (primary N) is 1. The Bertz CT molecular complexity index is 474. The van der Waals surface area contributed by atoms with Crippen molar-refractivity contribution in [3.8, 4) is 0 Å². The highest BCUT2D eigenvalue weighted by Crippen LogP contribution is 2.36. The van der Waals surface area contributed by atoms with Gasteiger partial charge >= 0.3 is 7.12 Å². The van der Waals surface area contributed by atoms with Crippen LogP contribution in [0.25, 0.3) is 0 Å². The van der Waals surface area contributed by atoms with E-state index < -0.39 is 7.12 Å². The molecule has 100 valence electrons. The molecule has 7 heteroatoms. The molecule has 0 aliphatic carbocycles. The van der Waals surface area contributed by atoms with Crippen LogP contribution in [-0.4, -0.2) is 45.4 Å². The normalized spacial score (nSPS) is 28.5. The van der Waals surface area contributed by atoms with E-state index in [9.17, 15) is 4.79 Å². The van der Waals surface area contributed by atoms with Gasteiger partial charge in [-0.15, -0.1) is 0 Å². The molecule has 0 aromatic heterocycles. The molecule has 0 fully saturated rings. The van der Waals surface area contributed by atoms with Crippen LogP contribution in [0.1, 0.15) is 0 Å². The van der Waals surface area contributed by atoms with Crippen LogP contribution in [0.4, 0.5) is 0 Å². The molecule has 0 aromatic carbocycles. The van der Waals surface area contributed by atoms with Crippen molar-refractivity contribution in [3.63, 3.8) is 0 Å². The van der Waals surface area contributed by atoms with Crippen molar-refractivity contribution in [2.24, 2.45) is 5.73 Å². The third-order valence-electron chi connectivity index (χ3n) is 3.43. The van der Waals surface area contributed by atoms with Crippen LogP contribution >= 0.6 is 0 Å². The first-order valence-electron chi connectivity index (χ1n) is 6.24. The number of hydrogen-bond donors (Lipinski definition) is 2. The Kier molecular flexibility index (Phi) is 3.41. The van der Waals surface area contributed by atoms with E-state index in [1.807, 2.05) is 12.2 Å². The molecule has 3 N–H and O–H groups in total. The van der Waals surface area contributed by atoms with E-state index in [1.54, 1.807) is 6.26 Å². The lowest BCUT2D eigenvalue weighted by atomic mass is 9.70. The molecule has 0 saturated heterocycles. The van der Waals surface area contributed by atoms with Crippen LogP contribution in [0.5, 0.6) is 0 Å². The van der Waals surface area contributed by atoms with Gasteiger partial charge in [0.1, 0.15) is 6.61 Å². The van der Waals surface area contributed by atoms with Crippen LogP contribution in [0.2, 0.25) is 0 Å². The quantitative estimate of drug-likeness (QED) is 0.516. The monoisotopic (exact) mass is 262 g/mol. The van der Waals surface area contributed by atoms with Crippen molar-refractivity contribution >= 4 is 13.5 Å². The molecular weight excluding hydrogens is 247 g/mol. The van der Waals surface area contributed by atoms with Crippen LogP contribution < -0.4 is 11.1 Å². The van der Waals surface area contributed by atoms with Gasteiger partial charge in [-0.25, -0.2) is 0 Å². The minimum Gasteiger partial charge on any atom is -0.497 e. The molecule has 0 aromatic rings. The van der Waals surface area contributed by atoms with Gasteiger partial charge in [0.25, 0.3) is 0 Å². The van der Waals surface area contributed by atoms with Gasteiger partial charge in [0.05, 0.1) is 18.5 Å². The second kappa shape index (κ2) is 5.20. The smallest absolute Gasteiger partial charge is 0.495 e. The maximum atomic E-state index is 10.4. The zero-order chi connectivity index (χ0) is 13.2. The molecule has 19 heavy (non-hydrogen) atoms. The summed E-state index contributed by atoms with van der Waals surface area (Å²) in [5.41, 5.74) is 8.72. The Hall–Kier alpha value is -1.57. The molecule has 3 heterocycles. The molecule has 3 rings (SSSR count). The zero-order valence-electron chi connectivity index (χ0n) is 10.4. The summed E-state index contributed by atoms with van der Waals surface area (Å²) in [6.07, 6.45) is 5.84. The summed E-state index contributed by atoms with van der Waals surface area (Å²) in [5.74, 6) is 0. The Labute approximate surface area is 111 Å². The maximum Gasteiger partial charge on any atom is 0.495 e. The Morgan fingerprint density at radius 2 is 2.42 bits per heavy atom. The molecule has 6 nitrogen and oxygen atoms in total. The number of ether oxygens (including phenoxy) is 1. The van der Waals surface area contributed by atoms with Gasteiger partial charge in [-0.1, -0.05) is 0 Å². The van der Waals surface area contributed by atoms with Crippen LogP contribution in [0.3, 0.4) is 0 Å². The van der Waals surface area contributed by atoms with Gasteiger partial charge < -0.3 is 25.1 Å². The minimum absolute atomic E-state index is 0.162. The second-order valence-electron chi connectivity index (χ2n) is 4.57. The molecule has 0 radical (unpaired) electrons. The predicted octanol–water partition coefficient (Wildman–Crippen LogP) is -0.717. The summed E-state index contributed by atoms with van der Waals surface area (Å²) in [6.45, 7) is 1.26. The fourth-order valence-electron chi connectivity index (χ4n) is 2.56. The van der Waals surface area contributed by atoms with E-state index in [0.717, 1.165) is 16.6 Å². The van der Waals surface area contributed by atoms with Crippen LogP contribution in [0.15, 0.2) is 35.0 Å². The molecule has 3 aliphatic heterocycles. The van der Waals surface area contributed by atoms with Crippen molar-refractivity contribution in [1.82, 2.24) is 5.32 Å². The Morgan fingerprint density at radius 3 is 3.21 bits per heavy atom. The number of nitrogens with one attached hydrogen (secondary N) is 1. The number of hydrogen-bond acceptors (Lipinski definition) is 5. The molecule has 0 saturated carbocycles. The van der Waals surface area contributed by atoms with Gasteiger partial charge in [0, 0.05) is 13.1 Å². The summed E-state index contributed by atoms with van der Waals surface area (Å²) in [4.78, 5) is 10.4. The van der Waals surface area contributed by atoms with Gasteiger partial charge in [-0.3, -0.25) is 4.79 Å². The number of carbonyl (C=O) groups is 1. The van der Waals surface area contributed by atoms with E-state index in [4.69, 9.17) is 19.8 Å². The summed E-state index contributed by atoms with van der Waals surface area (Å²) < 4.78 is 17.0. The Balaban J connectivity index is 1.92. The maximum absolute atomic E-state index is 10.4. The lowest BCUT2D eigenvalue weighted by molar-refractivity contribution is -0.109. The SMILES string of the molecule is NCC1C=C2C=COCC3=C2B(O1)O[C@H]3CNC=O. The Morgan fingerprint density at radius 1 is 1.53 bits per heavy atom. The first-order chi connectivity index (χ1) is 9.33. The van der Waals surface area contributed by atoms with Gasteiger partial charge in [-0.05, 0) is 28.8 Å². The summed E-state index contributed by atoms with van der Waals surface area (Å²) in [7, 11) is -0.423. The molecular formula is C12H15BN2O4. The van der Waals surface area contributed by atoms with Crippen molar-refractivity contribution in [1.29, 1.82) is 0 Å². The average molecular weight is 262 g/mol. The minimum atomic E-state index is -0.423. The average Bonchev–Trinajstić information content (AvgIpc) is 2.63. The van der Waals surface area contributed by atoms with Gasteiger partial charge in [-0.2, -0.15) is 0 Å². The standard InChI is InChI=1S/C12H15BN2O4/c14-4-9-3-8-1-2-17-6-10-11(5-15-7-16)19-13(18-9)12(8)10/h1-3,7,9,11H,4-6,14H2,(H,15,16)/t9?,11-/m0/s1. The summed E-state index contributed by atoms with van der Waals surface area (Å²) >= 11 is 0. The summed E-state index contributed by atoms with van der Waals surface area (Å²) in [6, 6.07) is 0. The zero-order valence-corrected chi connectivity index (χ0v) is 10.4. The fraction of sp³-hybridized carbons (Fsp3) is 0.417. The van der Waals surface area contributed by atoms with Crippen molar-refractivity contribution in [2.45, 2.75) is 12.2 Å². The third-order valence-corrected chi connectivity index (χ3v) is 3.43. The first kappa shape index (κ1) is 12.5. The fourth-order valence-corrected chi connectivity index (χ4v) is 2.56. The number of rotatable bonds is 4. The highest BCUT2D eigenvalue weighted by atomic mass is 16.6. The van der Waals surface area contributed by atoms with E-state index >= 15 is 0 Å². The molecule has 3 aliphatic rings. The number of carbonyl (C=O) groups excluding carboxylic acids is 1. The van der Waals surface area contributed by atoms with E-state index in [0.29, 0.717) is 26.1 Å². The van der Waals surface area contributed by atoms with E-state index in [-0.39, 0.29) is 12.2 Å². The molecule has 1 unspecified atom stereocenters. The second-order valence-corrected chi connectivity index (χ2v) is 4.57. The van der Waals surface area contributed by atoms with Crippen LogP contribution in [0, 0.1) is 0 Å². The van der Waals surface area contributed by atoms with E-state index in [1.165, 1.54) is 0 Å².